The van der Waals surface area contributed by atoms with Crippen molar-refractivity contribution in [2.24, 2.45) is 5.92 Å². The molecular weight excluding hydrogens is 828 g/mol. The average Bonchev–Trinajstić information content (AvgIpc) is 3.75. The molecule has 15 nitrogen and oxygen atoms in total. The number of carbonyl (C=O) groups is 1. The summed E-state index contributed by atoms with van der Waals surface area (Å²) >= 11 is 0. The lowest BCUT2D eigenvalue weighted by Gasteiger charge is -2.34. The Labute approximate surface area is 361 Å². The number of halogens is 1. The molecule has 17 heteroatoms. The van der Waals surface area contributed by atoms with E-state index in [0.717, 1.165) is 30.0 Å². The first-order chi connectivity index (χ1) is 30.1. The highest BCUT2D eigenvalue weighted by molar-refractivity contribution is 7.89. The number of ether oxygens (including phenoxy) is 1. The summed E-state index contributed by atoms with van der Waals surface area (Å²) in [7, 11) is -3.34. The zero-order chi connectivity index (χ0) is 44.1. The minimum atomic E-state index is -3.34. The number of rotatable bonds is 9. The number of H-pyrrole nitrogens is 1. The molecule has 1 amide bonds. The van der Waals surface area contributed by atoms with Crippen LogP contribution < -0.4 is 11.4 Å². The molecule has 7 aromatic rings. The second kappa shape index (κ2) is 14.9. The van der Waals surface area contributed by atoms with E-state index >= 15 is 9.18 Å². The van der Waals surface area contributed by atoms with Crippen molar-refractivity contribution in [2.75, 3.05) is 26.0 Å². The van der Waals surface area contributed by atoms with Crippen molar-refractivity contribution in [1.82, 2.24) is 38.5 Å². The third-order valence-corrected chi connectivity index (χ3v) is 14.1. The molecule has 1 aliphatic carbocycles. The van der Waals surface area contributed by atoms with Gasteiger partial charge in [-0.05, 0) is 117 Å². The Balaban J connectivity index is 1.11. The minimum Gasteiger partial charge on any atom is -0.381 e. The number of aromatic nitrogens is 7. The molecule has 2 fully saturated rings. The lowest BCUT2D eigenvalue weighted by Crippen LogP contribution is -2.41. The zero-order valence-corrected chi connectivity index (χ0v) is 36.4. The molecule has 6 heterocycles. The summed E-state index contributed by atoms with van der Waals surface area (Å²) < 4.78 is 56.7. The topological polar surface area (TPSA) is 172 Å². The second-order valence-corrected chi connectivity index (χ2v) is 19.7. The molecule has 0 spiro atoms. The van der Waals surface area contributed by atoms with Crippen LogP contribution in [0.15, 0.2) is 87.2 Å². The number of benzene rings is 3. The summed E-state index contributed by atoms with van der Waals surface area (Å²) in [6.45, 7) is 9.03. The normalized spacial score (nSPS) is 20.4. The third-order valence-electron chi connectivity index (χ3n) is 13.3. The fraction of sp³-hybridized carbons (Fsp3) is 0.370. The summed E-state index contributed by atoms with van der Waals surface area (Å²) in [4.78, 5) is 47.0. The van der Waals surface area contributed by atoms with Gasteiger partial charge in [0.15, 0.2) is 15.7 Å². The number of carbonyl (C=O) groups excluding carboxylic acids is 1. The minimum absolute atomic E-state index is 0.0105. The molecule has 1 saturated carbocycles. The number of amides is 1. The molecule has 4 aromatic heterocycles. The molecule has 2 aliphatic heterocycles. The van der Waals surface area contributed by atoms with Crippen molar-refractivity contribution < 1.29 is 26.9 Å². The zero-order valence-electron chi connectivity index (χ0n) is 35.6. The summed E-state index contributed by atoms with van der Waals surface area (Å²) in [5.74, 6) is -0.365. The van der Waals surface area contributed by atoms with E-state index in [1.165, 1.54) is 14.7 Å². The lowest BCUT2D eigenvalue weighted by atomic mass is 9.91. The van der Waals surface area contributed by atoms with Crippen LogP contribution in [0.2, 0.25) is 0 Å². The van der Waals surface area contributed by atoms with Gasteiger partial charge in [0, 0.05) is 61.3 Å². The van der Waals surface area contributed by atoms with Crippen LogP contribution in [-0.4, -0.2) is 78.9 Å². The maximum atomic E-state index is 15.4. The van der Waals surface area contributed by atoms with Crippen LogP contribution >= 0.6 is 0 Å². The van der Waals surface area contributed by atoms with E-state index < -0.39 is 32.9 Å². The molecule has 3 atom stereocenters. The number of nitrogens with one attached hydrogen (secondary N) is 1. The Morgan fingerprint density at radius 3 is 2.38 bits per heavy atom. The van der Waals surface area contributed by atoms with Crippen LogP contribution in [0.1, 0.15) is 94.9 Å². The highest BCUT2D eigenvalue weighted by Crippen LogP contribution is 2.56. The predicted molar refractivity (Wildman–Crippen MR) is 232 cm³/mol. The largest absolute Gasteiger partial charge is 0.438 e. The molecule has 0 radical (unpaired) electrons. The van der Waals surface area contributed by atoms with Crippen molar-refractivity contribution >= 4 is 26.6 Å². The Morgan fingerprint density at radius 2 is 1.70 bits per heavy atom. The van der Waals surface area contributed by atoms with Crippen molar-refractivity contribution in [3.8, 4) is 17.2 Å². The predicted octanol–water partition coefficient (Wildman–Crippen LogP) is 6.18. The molecule has 3 aliphatic rings. The Bertz CT molecular complexity index is 3200. The van der Waals surface area contributed by atoms with Gasteiger partial charge < -0.3 is 14.2 Å². The van der Waals surface area contributed by atoms with E-state index in [9.17, 15) is 18.0 Å². The van der Waals surface area contributed by atoms with Gasteiger partial charge in [0.25, 0.3) is 5.91 Å². The number of sulfone groups is 1. The van der Waals surface area contributed by atoms with E-state index in [1.807, 2.05) is 17.6 Å². The summed E-state index contributed by atoms with van der Waals surface area (Å²) in [6.07, 6.45) is 7.18. The maximum absolute atomic E-state index is 15.4. The van der Waals surface area contributed by atoms with Crippen molar-refractivity contribution in [3.63, 3.8) is 0 Å². The first kappa shape index (κ1) is 40.7. The fourth-order valence-corrected chi connectivity index (χ4v) is 10.8. The summed E-state index contributed by atoms with van der Waals surface area (Å²) in [5.41, 5.74) is 4.85. The van der Waals surface area contributed by atoms with Crippen molar-refractivity contribution in [1.29, 1.82) is 0 Å². The number of fused-ring (bicyclic) bond motifs is 2. The molecule has 0 bridgehead atoms. The van der Waals surface area contributed by atoms with Gasteiger partial charge >= 0.3 is 11.4 Å². The number of imidazole rings is 1. The monoisotopic (exact) mass is 874 g/mol. The molecule has 63 heavy (non-hydrogen) atoms. The molecule has 1 saturated heterocycles. The van der Waals surface area contributed by atoms with Crippen LogP contribution in [-0.2, 0) is 32.3 Å². The van der Waals surface area contributed by atoms with Gasteiger partial charge in [0.2, 0.25) is 0 Å². The number of aromatic amines is 1. The van der Waals surface area contributed by atoms with Gasteiger partial charge in [0.05, 0.1) is 28.9 Å². The Hall–Kier alpha value is -6.33. The van der Waals surface area contributed by atoms with Gasteiger partial charge in [-0.3, -0.25) is 23.4 Å². The fourth-order valence-electron chi connectivity index (χ4n) is 10.0. The van der Waals surface area contributed by atoms with Gasteiger partial charge in [-0.1, -0.05) is 30.3 Å². The Kier molecular flexibility index (Phi) is 9.63. The van der Waals surface area contributed by atoms with E-state index in [1.54, 1.807) is 72.2 Å². The van der Waals surface area contributed by atoms with Gasteiger partial charge in [0.1, 0.15) is 22.9 Å². The van der Waals surface area contributed by atoms with E-state index in [-0.39, 0.29) is 23.4 Å². The number of hydrogen-bond donors (Lipinski definition) is 1. The quantitative estimate of drug-likeness (QED) is 0.178. The number of nitrogens with zero attached hydrogens (tertiary/aromatic N) is 7. The molecule has 326 valence electrons. The first-order valence-electron chi connectivity index (χ1n) is 21.2. The van der Waals surface area contributed by atoms with E-state index in [2.05, 4.69) is 35.3 Å². The molecular formula is C46H47FN8O7S. The Morgan fingerprint density at radius 1 is 0.968 bits per heavy atom. The summed E-state index contributed by atoms with van der Waals surface area (Å²) in [6, 6.07) is 17.8. The average molecular weight is 875 g/mol. The smallest absolute Gasteiger partial charge is 0.381 e. The number of aryl methyl sites for hydroxylation is 2. The van der Waals surface area contributed by atoms with Gasteiger partial charge in [-0.15, -0.1) is 0 Å². The van der Waals surface area contributed by atoms with E-state index in [0.29, 0.717) is 95.2 Å². The van der Waals surface area contributed by atoms with Crippen LogP contribution in [0.5, 0.6) is 0 Å². The second-order valence-electron chi connectivity index (χ2n) is 17.5. The number of hydrogen-bond acceptors (Lipinski definition) is 9. The maximum Gasteiger partial charge on any atom is 0.438 e. The van der Waals surface area contributed by atoms with Crippen molar-refractivity contribution in [2.45, 2.75) is 76.6 Å². The highest BCUT2D eigenvalue weighted by atomic mass is 32.2. The van der Waals surface area contributed by atoms with Crippen LogP contribution in [0, 0.1) is 25.6 Å². The SMILES string of the molecule is Cc1cc(-n2nc3c(c2-n2ccn(-c4cccc(CS(C)(=O)=O)c4)c2=O)C(C)N(C(=O)c2cc4cc(C5CCOCC5)ccc4n2[C@@]2(c4noc(=O)[nH]4)C[C@@H]2C)CC3)cc(C)c1F. The molecule has 3 aromatic carbocycles. The van der Waals surface area contributed by atoms with Crippen LogP contribution in [0.4, 0.5) is 4.39 Å². The van der Waals surface area contributed by atoms with Crippen LogP contribution in [0.25, 0.3) is 28.1 Å². The van der Waals surface area contributed by atoms with Gasteiger partial charge in [-0.25, -0.2) is 27.1 Å². The van der Waals surface area contributed by atoms with E-state index in [4.69, 9.17) is 14.4 Å². The van der Waals surface area contributed by atoms with Gasteiger partial charge in [-0.2, -0.15) is 5.10 Å². The van der Waals surface area contributed by atoms with Crippen LogP contribution in [0.3, 0.4) is 0 Å². The summed E-state index contributed by atoms with van der Waals surface area (Å²) in [5, 5.41) is 10.1. The first-order valence-corrected chi connectivity index (χ1v) is 23.3. The highest BCUT2D eigenvalue weighted by Gasteiger charge is 2.59. The molecule has 10 rings (SSSR count). The lowest BCUT2D eigenvalue weighted by molar-refractivity contribution is 0.0663. The third kappa shape index (κ3) is 6.79. The molecule has 1 unspecified atom stereocenters. The standard InChI is InChI=1S/C46H47FN8O7S/c1-26-19-35(20-27(2)40(26)47)55-41(53-16-15-52(45(53)58)34-8-6-7-30(21-34)25-63(5,59)60)39-29(4)51(14-11-36(39)49-55)42(56)38-23-33-22-32(31-12-17-61-18-13-31)9-10-37(33)54(38)46(24-28(46)3)43-48-44(57)62-50-43/h6-10,15-16,19-23,28-29,31H,11-14,17-18,24-25H2,1-5H3,(H,48,50,57)/t28-,29?,46-/m0/s1. The molecule has 1 N–H and O–H groups in total. The van der Waals surface area contributed by atoms with Crippen molar-refractivity contribution in [3.05, 3.63) is 145 Å².